The Bertz CT molecular complexity index is 4290. The molecule has 4 aliphatic rings. The number of allylic oxidation sites excluding steroid dienone is 2. The van der Waals surface area contributed by atoms with Gasteiger partial charge in [-0.05, 0) is 171 Å². The van der Waals surface area contributed by atoms with Crippen molar-refractivity contribution in [1.82, 2.24) is 9.13 Å². The van der Waals surface area contributed by atoms with Crippen LogP contribution in [0.25, 0.3) is 89.8 Å². The van der Waals surface area contributed by atoms with Gasteiger partial charge >= 0.3 is 0 Å². The highest BCUT2D eigenvalue weighted by atomic mass is 15.1. The molecule has 0 atom stereocenters. The largest absolute Gasteiger partial charge is 0.313 e. The third-order valence-electron chi connectivity index (χ3n) is 17.0. The standard InChI is InChI=1S/C73H51N3/c1-4-20-48(21-5-1)50-42-51(49-22-6-2-7-23-49)44-56(43-50)76-70-35-19-14-30-61(70)63-40-37-55(47-72(63)76)74(54-36-39-62-60-29-13-18-34-69(60)75(71(62)46-54)52-24-8-3-9-25-52)53-38-41-68-64(45-53)59-28-12-17-33-67(59)73(68)65-31-15-10-26-57(65)58-27-11-16-32-66(58)73/h1-13,15-17,19-29,31-33,35-47H,14,18,30,34H2. The Morgan fingerprint density at radius 2 is 0.855 bits per heavy atom. The maximum atomic E-state index is 2.54. The number of hydrogen-bond donors (Lipinski definition) is 0. The predicted molar refractivity (Wildman–Crippen MR) is 317 cm³/mol. The number of fused-ring (bicyclic) bond motifs is 16. The summed E-state index contributed by atoms with van der Waals surface area (Å²) >= 11 is 0. The number of benzene rings is 10. The molecule has 0 saturated heterocycles. The van der Waals surface area contributed by atoms with Crippen molar-refractivity contribution in [1.29, 1.82) is 0 Å². The number of aryl methyl sites for hydroxylation is 1. The average Bonchev–Trinajstić information content (AvgIpc) is 4.40. The molecule has 0 radical (unpaired) electrons. The minimum Gasteiger partial charge on any atom is -0.313 e. The average molecular weight is 970 g/mol. The van der Waals surface area contributed by atoms with E-state index in [1.807, 2.05) is 0 Å². The van der Waals surface area contributed by atoms with Crippen LogP contribution in [-0.4, -0.2) is 9.13 Å². The van der Waals surface area contributed by atoms with Crippen LogP contribution in [0.3, 0.4) is 0 Å². The number of nitrogens with zero attached hydrogens (tertiary/aromatic N) is 3. The summed E-state index contributed by atoms with van der Waals surface area (Å²) in [6.45, 7) is 0. The summed E-state index contributed by atoms with van der Waals surface area (Å²) in [4.78, 5) is 2.53. The first-order valence-electron chi connectivity index (χ1n) is 26.9. The minimum atomic E-state index is -0.427. The number of aromatic nitrogens is 2. The fourth-order valence-electron chi connectivity index (χ4n) is 13.9. The van der Waals surface area contributed by atoms with Crippen LogP contribution >= 0.6 is 0 Å². The molecule has 4 aliphatic carbocycles. The van der Waals surface area contributed by atoms with Crippen molar-refractivity contribution in [3.8, 4) is 55.9 Å². The van der Waals surface area contributed by atoms with Crippen LogP contribution in [0.4, 0.5) is 17.1 Å². The Morgan fingerprint density at radius 1 is 0.355 bits per heavy atom. The second-order valence-corrected chi connectivity index (χ2v) is 21.0. The number of anilines is 3. The van der Waals surface area contributed by atoms with E-state index in [2.05, 4.69) is 275 Å². The highest BCUT2D eigenvalue weighted by Crippen LogP contribution is 2.63. The lowest BCUT2D eigenvalue weighted by Crippen LogP contribution is -2.25. The summed E-state index contributed by atoms with van der Waals surface area (Å²) in [7, 11) is 0. The zero-order valence-electron chi connectivity index (χ0n) is 42.0. The van der Waals surface area contributed by atoms with E-state index in [4.69, 9.17) is 0 Å². The van der Waals surface area contributed by atoms with Crippen molar-refractivity contribution in [2.45, 2.75) is 31.1 Å². The van der Waals surface area contributed by atoms with Gasteiger partial charge in [0.05, 0.1) is 16.4 Å². The van der Waals surface area contributed by atoms with Crippen LogP contribution in [0.1, 0.15) is 57.6 Å². The van der Waals surface area contributed by atoms with Crippen molar-refractivity contribution in [2.75, 3.05) is 4.90 Å². The number of hydrogen-bond acceptors (Lipinski definition) is 1. The normalized spacial score (nSPS) is 14.1. The second-order valence-electron chi connectivity index (χ2n) is 21.0. The summed E-state index contributed by atoms with van der Waals surface area (Å²) in [6.07, 6.45) is 13.4. The Hall–Kier alpha value is -9.44. The minimum absolute atomic E-state index is 0.427. The van der Waals surface area contributed by atoms with Crippen molar-refractivity contribution >= 4 is 51.0 Å². The van der Waals surface area contributed by atoms with Gasteiger partial charge in [0.2, 0.25) is 0 Å². The Morgan fingerprint density at radius 3 is 1.50 bits per heavy atom. The Kier molecular flexibility index (Phi) is 9.50. The van der Waals surface area contributed by atoms with E-state index >= 15 is 0 Å². The molecule has 3 nitrogen and oxygen atoms in total. The lowest BCUT2D eigenvalue weighted by atomic mass is 9.70. The summed E-state index contributed by atoms with van der Waals surface area (Å²) < 4.78 is 5.06. The molecule has 0 aliphatic heterocycles. The molecule has 12 aromatic rings. The van der Waals surface area contributed by atoms with E-state index in [0.717, 1.165) is 48.4 Å². The van der Waals surface area contributed by atoms with Crippen LogP contribution in [0.2, 0.25) is 0 Å². The lowest BCUT2D eigenvalue weighted by Gasteiger charge is -2.31. The second kappa shape index (κ2) is 16.8. The molecular formula is C73H51N3. The quantitative estimate of drug-likeness (QED) is 0.155. The highest BCUT2D eigenvalue weighted by molar-refractivity contribution is 6.01. The van der Waals surface area contributed by atoms with Crippen LogP contribution in [0.5, 0.6) is 0 Å². The third kappa shape index (κ3) is 6.23. The van der Waals surface area contributed by atoms with Gasteiger partial charge in [0.15, 0.2) is 0 Å². The molecule has 2 heterocycles. The number of para-hydroxylation sites is 1. The van der Waals surface area contributed by atoms with E-state index in [0.29, 0.717) is 0 Å². The molecule has 0 unspecified atom stereocenters. The Labute approximate surface area is 443 Å². The maximum Gasteiger partial charge on any atom is 0.0725 e. The van der Waals surface area contributed by atoms with Gasteiger partial charge in [0, 0.05) is 56.2 Å². The zero-order valence-corrected chi connectivity index (χ0v) is 42.0. The van der Waals surface area contributed by atoms with E-state index in [9.17, 15) is 0 Å². The molecule has 0 N–H and O–H groups in total. The van der Waals surface area contributed by atoms with Gasteiger partial charge in [-0.3, -0.25) is 0 Å². The van der Waals surface area contributed by atoms with Crippen molar-refractivity contribution in [3.63, 3.8) is 0 Å². The summed E-state index contributed by atoms with van der Waals surface area (Å²) in [5.41, 5.74) is 28.4. The molecule has 10 aromatic carbocycles. The van der Waals surface area contributed by atoms with Gasteiger partial charge in [0.25, 0.3) is 0 Å². The first kappa shape index (κ1) is 43.0. The van der Waals surface area contributed by atoms with Crippen LogP contribution < -0.4 is 4.90 Å². The molecule has 0 bridgehead atoms. The van der Waals surface area contributed by atoms with Gasteiger partial charge in [-0.25, -0.2) is 0 Å². The fraction of sp³-hybridized carbons (Fsp3) is 0.0685. The first-order chi connectivity index (χ1) is 37.7. The van der Waals surface area contributed by atoms with Crippen molar-refractivity contribution in [3.05, 3.63) is 294 Å². The van der Waals surface area contributed by atoms with E-state index in [-0.39, 0.29) is 0 Å². The van der Waals surface area contributed by atoms with Gasteiger partial charge in [-0.15, -0.1) is 0 Å². The smallest absolute Gasteiger partial charge is 0.0725 e. The predicted octanol–water partition coefficient (Wildman–Crippen LogP) is 18.6. The molecule has 0 amide bonds. The molecule has 16 rings (SSSR count). The van der Waals surface area contributed by atoms with Crippen molar-refractivity contribution < 1.29 is 0 Å². The van der Waals surface area contributed by atoms with Crippen LogP contribution in [0.15, 0.2) is 249 Å². The molecule has 3 heteroatoms. The van der Waals surface area contributed by atoms with Gasteiger partial charge < -0.3 is 14.0 Å². The molecule has 76 heavy (non-hydrogen) atoms. The molecule has 1 spiro atoms. The lowest BCUT2D eigenvalue weighted by molar-refractivity contribution is 0.794. The van der Waals surface area contributed by atoms with Gasteiger partial charge in [0.1, 0.15) is 0 Å². The fourth-order valence-corrected chi connectivity index (χ4v) is 13.9. The van der Waals surface area contributed by atoms with Crippen molar-refractivity contribution in [2.24, 2.45) is 0 Å². The maximum absolute atomic E-state index is 2.54. The van der Waals surface area contributed by atoms with Gasteiger partial charge in [-0.2, -0.15) is 0 Å². The molecular weight excluding hydrogens is 919 g/mol. The van der Waals surface area contributed by atoms with E-state index < -0.39 is 5.41 Å². The molecule has 0 saturated carbocycles. The zero-order chi connectivity index (χ0) is 49.9. The van der Waals surface area contributed by atoms with E-state index in [1.165, 1.54) is 117 Å². The van der Waals surface area contributed by atoms with Gasteiger partial charge in [-0.1, -0.05) is 188 Å². The van der Waals surface area contributed by atoms with E-state index in [1.54, 1.807) is 0 Å². The Balaban J connectivity index is 0.958. The summed E-state index contributed by atoms with van der Waals surface area (Å²) in [5, 5.41) is 2.57. The summed E-state index contributed by atoms with van der Waals surface area (Å²) in [6, 6.07) is 88.9. The molecule has 358 valence electrons. The van der Waals surface area contributed by atoms with Crippen LogP contribution in [-0.2, 0) is 18.3 Å². The third-order valence-corrected chi connectivity index (χ3v) is 17.0. The first-order valence-corrected chi connectivity index (χ1v) is 26.9. The molecule has 2 aromatic heterocycles. The topological polar surface area (TPSA) is 13.1 Å². The summed E-state index contributed by atoms with van der Waals surface area (Å²) in [5.74, 6) is 0. The SMILES string of the molecule is C1=Cc2c(c3ccc(N(c4ccc5c(c4)-c4ccccc4C54c5ccccc5-c5ccccc54)c4ccc5c6c(n(-c7ccccc7)c5c4)CCC=C6)cc3n2-c2cc(-c3ccccc3)cc(-c3ccccc3)c2)CC1. The molecule has 0 fully saturated rings. The monoisotopic (exact) mass is 969 g/mol. The highest BCUT2D eigenvalue weighted by Gasteiger charge is 2.51. The van der Waals surface area contributed by atoms with Crippen LogP contribution in [0, 0.1) is 0 Å². The number of rotatable bonds is 7.